The summed E-state index contributed by atoms with van der Waals surface area (Å²) in [7, 11) is 0. The number of nitrogens with one attached hydrogen (secondary N) is 1. The smallest absolute Gasteiger partial charge is 0.229 e. The molecule has 0 radical (unpaired) electrons. The first-order valence-electron chi connectivity index (χ1n) is 9.64. The van der Waals surface area contributed by atoms with Gasteiger partial charge in [-0.15, -0.1) is 10.2 Å². The maximum atomic E-state index is 12.6. The van der Waals surface area contributed by atoms with Gasteiger partial charge in [-0.05, 0) is 25.0 Å². The van der Waals surface area contributed by atoms with Gasteiger partial charge in [-0.1, -0.05) is 35.1 Å². The third kappa shape index (κ3) is 4.85. The van der Waals surface area contributed by atoms with Crippen molar-refractivity contribution in [1.29, 1.82) is 0 Å². The van der Waals surface area contributed by atoms with Crippen LogP contribution in [0.3, 0.4) is 0 Å². The quantitative estimate of drug-likeness (QED) is 0.621. The van der Waals surface area contributed by atoms with Crippen molar-refractivity contribution in [1.82, 2.24) is 20.1 Å². The number of rotatable bonds is 6. The lowest BCUT2D eigenvalue weighted by Gasteiger charge is -2.31. The fourth-order valence-corrected chi connectivity index (χ4v) is 4.09. The molecule has 1 fully saturated rings. The fourth-order valence-electron chi connectivity index (χ4n) is 3.41. The summed E-state index contributed by atoms with van der Waals surface area (Å²) in [6, 6.07) is 7.39. The third-order valence-electron chi connectivity index (χ3n) is 5.05. The number of anilines is 1. The van der Waals surface area contributed by atoms with E-state index in [-0.39, 0.29) is 17.7 Å². The van der Waals surface area contributed by atoms with Crippen LogP contribution in [-0.2, 0) is 16.0 Å². The Morgan fingerprint density at radius 1 is 1.27 bits per heavy atom. The van der Waals surface area contributed by atoms with Gasteiger partial charge in [-0.25, -0.2) is 4.98 Å². The number of hydrogen-bond donors (Lipinski definition) is 1. The Morgan fingerprint density at radius 3 is 2.80 bits per heavy atom. The molecule has 1 aliphatic rings. The fraction of sp³-hybridized carbons (Fsp3) is 0.350. The number of carbonyl (C=O) groups is 2. The summed E-state index contributed by atoms with van der Waals surface area (Å²) >= 11 is 7.47. The number of likely N-dealkylation sites (tertiary alicyclic amines) is 1. The highest BCUT2D eigenvalue weighted by atomic mass is 35.5. The molecule has 0 saturated carbocycles. The van der Waals surface area contributed by atoms with Crippen LogP contribution in [0.2, 0.25) is 5.02 Å². The van der Waals surface area contributed by atoms with Crippen LogP contribution in [0.5, 0.6) is 0 Å². The monoisotopic (exact) mass is 445 g/mol. The second kappa shape index (κ2) is 9.36. The number of aryl methyl sites for hydroxylation is 1. The number of oxazole rings is 1. The second-order valence-corrected chi connectivity index (χ2v) is 8.23. The van der Waals surface area contributed by atoms with E-state index in [1.54, 1.807) is 22.7 Å². The van der Waals surface area contributed by atoms with Crippen molar-refractivity contribution in [2.24, 2.45) is 5.92 Å². The van der Waals surface area contributed by atoms with Crippen LogP contribution in [0.1, 0.15) is 25.2 Å². The molecule has 0 unspecified atom stereocenters. The molecule has 1 saturated heterocycles. The van der Waals surface area contributed by atoms with Crippen molar-refractivity contribution >= 4 is 39.9 Å². The highest BCUT2D eigenvalue weighted by Gasteiger charge is 2.27. The van der Waals surface area contributed by atoms with Crippen molar-refractivity contribution < 1.29 is 14.0 Å². The van der Waals surface area contributed by atoms with Crippen LogP contribution in [0.25, 0.3) is 11.3 Å². The van der Waals surface area contributed by atoms with Crippen LogP contribution in [0, 0.1) is 5.92 Å². The zero-order valence-corrected chi connectivity index (χ0v) is 17.7. The largest absolute Gasteiger partial charge is 0.441 e. The van der Waals surface area contributed by atoms with Crippen molar-refractivity contribution in [3.8, 4) is 11.3 Å². The second-order valence-electron chi connectivity index (χ2n) is 6.99. The molecule has 1 aromatic carbocycles. The van der Waals surface area contributed by atoms with Gasteiger partial charge >= 0.3 is 0 Å². The molecule has 0 bridgehead atoms. The number of benzene rings is 1. The highest BCUT2D eigenvalue weighted by molar-refractivity contribution is 7.13. The molecule has 2 aromatic heterocycles. The third-order valence-corrected chi connectivity index (χ3v) is 5.99. The number of nitrogens with zero attached hydrogens (tertiary/aromatic N) is 4. The first kappa shape index (κ1) is 20.5. The van der Waals surface area contributed by atoms with Crippen LogP contribution < -0.4 is 5.32 Å². The van der Waals surface area contributed by atoms with Crippen LogP contribution in [0.4, 0.5) is 5.13 Å². The van der Waals surface area contributed by atoms with E-state index >= 15 is 0 Å². The summed E-state index contributed by atoms with van der Waals surface area (Å²) in [5.74, 6) is 0.943. The molecule has 4 rings (SSSR count). The Labute approximate surface area is 182 Å². The number of piperidine rings is 1. The molecule has 1 N–H and O–H groups in total. The van der Waals surface area contributed by atoms with Gasteiger partial charge in [-0.2, -0.15) is 0 Å². The summed E-state index contributed by atoms with van der Waals surface area (Å²) in [5.41, 5.74) is 2.35. The van der Waals surface area contributed by atoms with E-state index in [0.717, 1.165) is 5.56 Å². The number of carbonyl (C=O) groups excluding carboxylic acids is 2. The summed E-state index contributed by atoms with van der Waals surface area (Å²) < 4.78 is 5.76. The van der Waals surface area contributed by atoms with E-state index in [1.165, 1.54) is 11.3 Å². The molecular formula is C20H20ClN5O3S. The minimum absolute atomic E-state index is 0.0375. The first-order chi connectivity index (χ1) is 14.6. The van der Waals surface area contributed by atoms with Crippen LogP contribution in [0.15, 0.2) is 40.4 Å². The average molecular weight is 446 g/mol. The molecule has 3 aromatic rings. The number of aromatic nitrogens is 3. The highest BCUT2D eigenvalue weighted by Crippen LogP contribution is 2.28. The van der Waals surface area contributed by atoms with E-state index in [4.69, 9.17) is 16.0 Å². The Balaban J connectivity index is 1.25. The molecule has 0 spiro atoms. The van der Waals surface area contributed by atoms with E-state index in [1.807, 2.05) is 18.2 Å². The number of amides is 2. The van der Waals surface area contributed by atoms with Gasteiger partial charge in [0.2, 0.25) is 16.9 Å². The minimum Gasteiger partial charge on any atom is -0.441 e. The van der Waals surface area contributed by atoms with Gasteiger partial charge in [0.05, 0.1) is 11.2 Å². The molecular weight excluding hydrogens is 426 g/mol. The molecule has 0 aliphatic carbocycles. The van der Waals surface area contributed by atoms with Gasteiger partial charge in [0.15, 0.2) is 11.7 Å². The van der Waals surface area contributed by atoms with Crippen LogP contribution in [-0.4, -0.2) is 45.0 Å². The zero-order valence-electron chi connectivity index (χ0n) is 16.1. The topological polar surface area (TPSA) is 101 Å². The Bertz CT molecular complexity index is 1020. The molecule has 3 heterocycles. The molecule has 1 aliphatic heterocycles. The molecule has 10 heteroatoms. The van der Waals surface area contributed by atoms with E-state index in [0.29, 0.717) is 60.6 Å². The summed E-state index contributed by atoms with van der Waals surface area (Å²) in [5, 5.41) is 11.4. The molecule has 0 atom stereocenters. The summed E-state index contributed by atoms with van der Waals surface area (Å²) in [6.45, 7) is 1.12. The van der Waals surface area contributed by atoms with Gasteiger partial charge in [0, 0.05) is 37.4 Å². The normalized spacial score (nSPS) is 14.6. The number of halogens is 1. The Kier molecular flexibility index (Phi) is 6.39. The molecule has 156 valence electrons. The van der Waals surface area contributed by atoms with Crippen molar-refractivity contribution in [3.05, 3.63) is 46.9 Å². The van der Waals surface area contributed by atoms with Crippen molar-refractivity contribution in [3.63, 3.8) is 0 Å². The lowest BCUT2D eigenvalue weighted by Crippen LogP contribution is -2.41. The number of hydrogen-bond acceptors (Lipinski definition) is 7. The van der Waals surface area contributed by atoms with Crippen molar-refractivity contribution in [2.45, 2.75) is 25.7 Å². The predicted molar refractivity (Wildman–Crippen MR) is 113 cm³/mol. The van der Waals surface area contributed by atoms with E-state index in [9.17, 15) is 9.59 Å². The van der Waals surface area contributed by atoms with Gasteiger partial charge in [0.1, 0.15) is 5.51 Å². The molecule has 30 heavy (non-hydrogen) atoms. The zero-order chi connectivity index (χ0) is 20.9. The average Bonchev–Trinajstić information content (AvgIpc) is 3.44. The van der Waals surface area contributed by atoms with Gasteiger partial charge in [-0.3, -0.25) is 9.59 Å². The summed E-state index contributed by atoms with van der Waals surface area (Å²) in [4.78, 5) is 30.9. The lowest BCUT2D eigenvalue weighted by molar-refractivity contribution is -0.134. The van der Waals surface area contributed by atoms with Crippen LogP contribution >= 0.6 is 22.9 Å². The maximum Gasteiger partial charge on any atom is 0.229 e. The lowest BCUT2D eigenvalue weighted by atomic mass is 9.95. The molecule has 2 amide bonds. The SMILES string of the molecule is O=C(Nc1nncs1)C1CCN(C(=O)CCc2ncc(-c3ccccc3Cl)o2)CC1. The first-order valence-corrected chi connectivity index (χ1v) is 10.9. The molecule has 8 nitrogen and oxygen atoms in total. The van der Waals surface area contributed by atoms with E-state index in [2.05, 4.69) is 20.5 Å². The summed E-state index contributed by atoms with van der Waals surface area (Å²) in [6.07, 6.45) is 3.62. The Morgan fingerprint density at radius 2 is 2.07 bits per heavy atom. The van der Waals surface area contributed by atoms with Gasteiger partial charge < -0.3 is 14.6 Å². The maximum absolute atomic E-state index is 12.6. The Hall–Kier alpha value is -2.78. The minimum atomic E-state index is -0.122. The standard InChI is InChI=1S/C20H20ClN5O3S/c21-15-4-2-1-3-14(15)16-11-22-17(29-16)5-6-18(27)26-9-7-13(8-10-26)19(28)24-20-25-23-12-30-20/h1-4,11-13H,5-10H2,(H,24,25,28). The van der Waals surface area contributed by atoms with Crippen molar-refractivity contribution in [2.75, 3.05) is 18.4 Å². The predicted octanol–water partition coefficient (Wildman–Crippen LogP) is 3.66. The van der Waals surface area contributed by atoms with E-state index < -0.39 is 0 Å². The van der Waals surface area contributed by atoms with Gasteiger partial charge in [0.25, 0.3) is 0 Å².